The average molecular weight is 271 g/mol. The number of unbranched alkanes of at least 4 members (excludes halogenated alkanes) is 3. The minimum atomic E-state index is 0.0255. The molecule has 0 aliphatic rings. The molecule has 0 N–H and O–H groups in total. The fourth-order valence-corrected chi connectivity index (χ4v) is 1.87. The summed E-state index contributed by atoms with van der Waals surface area (Å²) in [7, 11) is 3.51. The maximum absolute atomic E-state index is 11.3. The number of nitrogens with zero attached hydrogens (tertiary/aromatic N) is 1. The molecule has 20 heavy (non-hydrogen) atoms. The lowest BCUT2D eigenvalue weighted by Crippen LogP contribution is -2.18. The van der Waals surface area contributed by atoms with E-state index in [2.05, 4.69) is 36.4 Å². The van der Waals surface area contributed by atoms with Gasteiger partial charge >= 0.3 is 0 Å². The molecule has 0 fully saturated rings. The van der Waals surface area contributed by atoms with E-state index in [-0.39, 0.29) is 5.91 Å². The summed E-state index contributed by atoms with van der Waals surface area (Å²) in [6.45, 7) is 0. The topological polar surface area (TPSA) is 20.3 Å². The molecule has 0 aliphatic carbocycles. The van der Waals surface area contributed by atoms with Gasteiger partial charge in [-0.3, -0.25) is 4.79 Å². The second kappa shape index (κ2) is 10.0. The van der Waals surface area contributed by atoms with E-state index >= 15 is 0 Å². The second-order valence-corrected chi connectivity index (χ2v) is 5.10. The zero-order valence-electron chi connectivity index (χ0n) is 12.6. The molecule has 0 atom stereocenters. The van der Waals surface area contributed by atoms with Gasteiger partial charge in [0.25, 0.3) is 0 Å². The van der Waals surface area contributed by atoms with Crippen molar-refractivity contribution in [3.8, 4) is 0 Å². The third kappa shape index (κ3) is 7.57. The Kier molecular flexibility index (Phi) is 8.13. The van der Waals surface area contributed by atoms with Crippen LogP contribution in [0.5, 0.6) is 0 Å². The first-order chi connectivity index (χ1) is 9.70. The molecule has 0 bridgehead atoms. The minimum Gasteiger partial charge on any atom is -0.345 e. The monoisotopic (exact) mass is 271 g/mol. The summed E-state index contributed by atoms with van der Waals surface area (Å²) in [6.07, 6.45) is 13.4. The number of carbonyl (C=O) groups is 1. The highest BCUT2D eigenvalue weighted by atomic mass is 16.2. The molecule has 0 aliphatic heterocycles. The molecule has 0 heterocycles. The Morgan fingerprint density at radius 3 is 2.50 bits per heavy atom. The van der Waals surface area contributed by atoms with Crippen molar-refractivity contribution in [1.29, 1.82) is 0 Å². The Bertz CT molecular complexity index is 432. The van der Waals surface area contributed by atoms with Crippen LogP contribution in [0.2, 0.25) is 0 Å². The van der Waals surface area contributed by atoms with Crippen molar-refractivity contribution in [2.45, 2.75) is 32.1 Å². The first-order valence-electron chi connectivity index (χ1n) is 7.28. The van der Waals surface area contributed by atoms with Gasteiger partial charge in [-0.25, -0.2) is 0 Å². The number of allylic oxidation sites excluding steroid dienone is 3. The van der Waals surface area contributed by atoms with Crippen LogP contribution in [0.3, 0.4) is 0 Å². The molecule has 1 amide bonds. The van der Waals surface area contributed by atoms with Crippen LogP contribution in [0.4, 0.5) is 0 Å². The first-order valence-corrected chi connectivity index (χ1v) is 7.28. The van der Waals surface area contributed by atoms with E-state index in [0.717, 1.165) is 6.42 Å². The van der Waals surface area contributed by atoms with Crippen LogP contribution in [0.15, 0.2) is 54.6 Å². The molecule has 0 unspecified atom stereocenters. The van der Waals surface area contributed by atoms with Crippen molar-refractivity contribution in [3.05, 3.63) is 60.2 Å². The molecule has 2 heteroatoms. The standard InChI is InChI=1S/C18H25NO/c1-19(2)18(20)16-12-7-5-3-4-6-9-13-17-14-10-8-11-15-17/h5,7-8,10-12,14-16H,3-4,6,9,13H2,1-2H3. The molecule has 0 saturated carbocycles. The molecular formula is C18H25NO. The van der Waals surface area contributed by atoms with Crippen LogP contribution in [-0.2, 0) is 11.2 Å². The van der Waals surface area contributed by atoms with E-state index in [4.69, 9.17) is 0 Å². The molecule has 0 radical (unpaired) electrons. The van der Waals surface area contributed by atoms with Gasteiger partial charge in [0.05, 0.1) is 0 Å². The Morgan fingerprint density at radius 2 is 1.80 bits per heavy atom. The smallest absolute Gasteiger partial charge is 0.246 e. The lowest BCUT2D eigenvalue weighted by molar-refractivity contribution is -0.123. The summed E-state index contributed by atoms with van der Waals surface area (Å²) in [5.41, 5.74) is 1.42. The number of carbonyl (C=O) groups excluding carboxylic acids is 1. The quantitative estimate of drug-likeness (QED) is 0.398. The van der Waals surface area contributed by atoms with Crippen molar-refractivity contribution < 1.29 is 4.79 Å². The summed E-state index contributed by atoms with van der Waals surface area (Å²) in [5, 5.41) is 0. The van der Waals surface area contributed by atoms with Crippen molar-refractivity contribution >= 4 is 5.91 Å². The zero-order valence-corrected chi connectivity index (χ0v) is 12.6. The highest BCUT2D eigenvalue weighted by molar-refractivity contribution is 5.87. The molecule has 1 aromatic carbocycles. The highest BCUT2D eigenvalue weighted by Crippen LogP contribution is 2.07. The van der Waals surface area contributed by atoms with Crippen molar-refractivity contribution in [2.75, 3.05) is 14.1 Å². The predicted molar refractivity (Wildman–Crippen MR) is 85.6 cm³/mol. The maximum Gasteiger partial charge on any atom is 0.246 e. The summed E-state index contributed by atoms with van der Waals surface area (Å²) < 4.78 is 0. The van der Waals surface area contributed by atoms with E-state index in [0.29, 0.717) is 0 Å². The number of hydrogen-bond acceptors (Lipinski definition) is 1. The average Bonchev–Trinajstić information content (AvgIpc) is 2.46. The Morgan fingerprint density at radius 1 is 1.05 bits per heavy atom. The third-order valence-electron chi connectivity index (χ3n) is 3.11. The normalized spacial score (nSPS) is 11.3. The first kappa shape index (κ1) is 16.2. The van der Waals surface area contributed by atoms with E-state index in [1.807, 2.05) is 12.2 Å². The zero-order chi connectivity index (χ0) is 14.6. The molecule has 0 spiro atoms. The van der Waals surface area contributed by atoms with Crippen molar-refractivity contribution in [1.82, 2.24) is 4.90 Å². The van der Waals surface area contributed by atoms with Crippen LogP contribution in [0.1, 0.15) is 31.2 Å². The Balaban J connectivity index is 2.03. The molecule has 1 aromatic rings. The summed E-state index contributed by atoms with van der Waals surface area (Å²) >= 11 is 0. The molecule has 0 saturated heterocycles. The van der Waals surface area contributed by atoms with Gasteiger partial charge in [-0.2, -0.15) is 0 Å². The fraction of sp³-hybridized carbons (Fsp3) is 0.389. The molecule has 1 rings (SSSR count). The SMILES string of the molecule is CN(C)C(=O)C=CC=CCCCCCc1ccccc1. The van der Waals surface area contributed by atoms with Crippen molar-refractivity contribution in [2.24, 2.45) is 0 Å². The number of benzene rings is 1. The third-order valence-corrected chi connectivity index (χ3v) is 3.11. The molecule has 108 valence electrons. The van der Waals surface area contributed by atoms with E-state index in [1.54, 1.807) is 25.1 Å². The van der Waals surface area contributed by atoms with Crippen LogP contribution in [0, 0.1) is 0 Å². The van der Waals surface area contributed by atoms with Crippen LogP contribution >= 0.6 is 0 Å². The Hall–Kier alpha value is -1.83. The molecular weight excluding hydrogens is 246 g/mol. The van der Waals surface area contributed by atoms with Crippen LogP contribution < -0.4 is 0 Å². The van der Waals surface area contributed by atoms with Gasteiger partial charge in [-0.05, 0) is 31.2 Å². The molecule has 2 nitrogen and oxygen atoms in total. The van der Waals surface area contributed by atoms with Crippen LogP contribution in [-0.4, -0.2) is 24.9 Å². The van der Waals surface area contributed by atoms with E-state index in [9.17, 15) is 4.79 Å². The van der Waals surface area contributed by atoms with Crippen molar-refractivity contribution in [3.63, 3.8) is 0 Å². The minimum absolute atomic E-state index is 0.0255. The van der Waals surface area contributed by atoms with Gasteiger partial charge in [0.1, 0.15) is 0 Å². The predicted octanol–water partition coefficient (Wildman–Crippen LogP) is 3.99. The van der Waals surface area contributed by atoms with Gasteiger partial charge in [-0.15, -0.1) is 0 Å². The van der Waals surface area contributed by atoms with Gasteiger partial charge in [-0.1, -0.05) is 55.0 Å². The lowest BCUT2D eigenvalue weighted by Gasteiger charge is -2.04. The number of likely N-dealkylation sites (N-methyl/N-ethyl adjacent to an activating group) is 1. The highest BCUT2D eigenvalue weighted by Gasteiger charge is 1.94. The largest absolute Gasteiger partial charge is 0.345 e. The van der Waals surface area contributed by atoms with Gasteiger partial charge in [0.15, 0.2) is 0 Å². The number of rotatable bonds is 8. The summed E-state index contributed by atoms with van der Waals surface area (Å²) in [4.78, 5) is 12.8. The Labute approximate surface area is 122 Å². The number of aryl methyl sites for hydroxylation is 1. The van der Waals surface area contributed by atoms with Gasteiger partial charge in [0.2, 0.25) is 5.91 Å². The second-order valence-electron chi connectivity index (χ2n) is 5.10. The number of amides is 1. The molecule has 0 aromatic heterocycles. The van der Waals surface area contributed by atoms with Crippen LogP contribution in [0.25, 0.3) is 0 Å². The van der Waals surface area contributed by atoms with E-state index in [1.165, 1.54) is 31.2 Å². The maximum atomic E-state index is 11.3. The van der Waals surface area contributed by atoms with E-state index < -0.39 is 0 Å². The fourth-order valence-electron chi connectivity index (χ4n) is 1.87. The van der Waals surface area contributed by atoms with Gasteiger partial charge in [0, 0.05) is 20.2 Å². The lowest BCUT2D eigenvalue weighted by atomic mass is 10.1. The summed E-state index contributed by atoms with van der Waals surface area (Å²) in [6, 6.07) is 10.6. The van der Waals surface area contributed by atoms with Gasteiger partial charge < -0.3 is 4.90 Å². The summed E-state index contributed by atoms with van der Waals surface area (Å²) in [5.74, 6) is 0.0255. The number of hydrogen-bond donors (Lipinski definition) is 0.